The zero-order valence-corrected chi connectivity index (χ0v) is 21.9. The molecule has 7 nitrogen and oxygen atoms in total. The van der Waals surface area contributed by atoms with Crippen molar-refractivity contribution in [3.63, 3.8) is 0 Å². The van der Waals surface area contributed by atoms with Gasteiger partial charge in [-0.25, -0.2) is 14.2 Å². The number of hydrogen-bond acceptors (Lipinski definition) is 6. The number of hydrogen-bond donors (Lipinski definition) is 1. The molecular formula is C23H25Cl2NO6P2. The van der Waals surface area contributed by atoms with Gasteiger partial charge >= 0.3 is 15.3 Å². The summed E-state index contributed by atoms with van der Waals surface area (Å²) in [4.78, 5) is 0. The van der Waals surface area contributed by atoms with E-state index in [9.17, 15) is 9.13 Å². The Morgan fingerprint density at radius 2 is 1.29 bits per heavy atom. The van der Waals surface area contributed by atoms with Crippen LogP contribution in [0.1, 0.15) is 25.2 Å². The van der Waals surface area contributed by atoms with Crippen molar-refractivity contribution in [3.05, 3.63) is 94.5 Å². The van der Waals surface area contributed by atoms with Crippen molar-refractivity contribution in [2.75, 3.05) is 13.2 Å². The molecule has 3 rings (SSSR count). The predicted molar refractivity (Wildman–Crippen MR) is 135 cm³/mol. The van der Waals surface area contributed by atoms with Crippen molar-refractivity contribution in [1.82, 2.24) is 5.09 Å². The van der Waals surface area contributed by atoms with Gasteiger partial charge in [0.25, 0.3) is 0 Å². The Morgan fingerprint density at radius 3 is 1.74 bits per heavy atom. The quantitative estimate of drug-likeness (QED) is 0.231. The zero-order chi connectivity index (χ0) is 24.6. The molecular weight excluding hydrogens is 519 g/mol. The van der Waals surface area contributed by atoms with E-state index in [4.69, 9.17) is 41.3 Å². The molecule has 1 N–H and O–H groups in total. The average molecular weight is 544 g/mol. The normalized spacial score (nSPS) is 12.8. The van der Waals surface area contributed by atoms with Crippen LogP contribution < -0.4 is 14.1 Å². The molecule has 182 valence electrons. The molecule has 0 aliphatic carbocycles. The smallest absolute Gasteiger partial charge is 0.415 e. The molecule has 3 aromatic carbocycles. The van der Waals surface area contributed by atoms with Crippen molar-refractivity contribution in [1.29, 1.82) is 0 Å². The van der Waals surface area contributed by atoms with E-state index >= 15 is 0 Å². The summed E-state index contributed by atoms with van der Waals surface area (Å²) in [5.74, 6) is -0.788. The van der Waals surface area contributed by atoms with Crippen molar-refractivity contribution >= 4 is 38.5 Å². The van der Waals surface area contributed by atoms with Crippen molar-refractivity contribution < 1.29 is 27.2 Å². The summed E-state index contributed by atoms with van der Waals surface area (Å²) in [7, 11) is -8.20. The van der Waals surface area contributed by atoms with Gasteiger partial charge in [0.2, 0.25) is 0 Å². The molecule has 0 amide bonds. The van der Waals surface area contributed by atoms with E-state index in [1.165, 1.54) is 6.07 Å². The Hall–Kier alpha value is -1.82. The molecule has 0 fully saturated rings. The van der Waals surface area contributed by atoms with Crippen LogP contribution in [-0.4, -0.2) is 13.2 Å². The zero-order valence-electron chi connectivity index (χ0n) is 18.6. The largest absolute Gasteiger partial charge is 0.452 e. The fourth-order valence-corrected chi connectivity index (χ4v) is 7.59. The second kappa shape index (κ2) is 12.2. The third-order valence-electron chi connectivity index (χ3n) is 4.40. The van der Waals surface area contributed by atoms with Crippen LogP contribution in [0.5, 0.6) is 11.5 Å². The van der Waals surface area contributed by atoms with Crippen LogP contribution >= 0.6 is 38.5 Å². The average Bonchev–Trinajstić information content (AvgIpc) is 2.79. The second-order valence-electron chi connectivity index (χ2n) is 6.88. The molecule has 0 saturated carbocycles. The van der Waals surface area contributed by atoms with Crippen molar-refractivity contribution in [3.8, 4) is 11.5 Å². The van der Waals surface area contributed by atoms with Crippen LogP contribution in [0.4, 0.5) is 0 Å². The molecule has 0 spiro atoms. The molecule has 0 heterocycles. The predicted octanol–water partition coefficient (Wildman–Crippen LogP) is 8.11. The first kappa shape index (κ1) is 26.8. The lowest BCUT2D eigenvalue weighted by Crippen LogP contribution is -2.25. The molecule has 0 radical (unpaired) electrons. The monoisotopic (exact) mass is 543 g/mol. The minimum Gasteiger partial charge on any atom is -0.415 e. The Kier molecular flexibility index (Phi) is 9.64. The van der Waals surface area contributed by atoms with Gasteiger partial charge in [-0.1, -0.05) is 65.7 Å². The number of benzene rings is 3. The molecule has 0 aliphatic heterocycles. The number of nitrogens with one attached hydrogen (secondary N) is 1. The van der Waals surface area contributed by atoms with E-state index < -0.39 is 21.1 Å². The van der Waals surface area contributed by atoms with E-state index in [1.54, 1.807) is 86.6 Å². The Bertz CT molecular complexity index is 1110. The van der Waals surface area contributed by atoms with E-state index in [0.717, 1.165) is 0 Å². The topological polar surface area (TPSA) is 83.1 Å². The van der Waals surface area contributed by atoms with Gasteiger partial charge in [-0.2, -0.15) is 0 Å². The van der Waals surface area contributed by atoms with Gasteiger partial charge in [-0.3, -0.25) is 9.05 Å². The van der Waals surface area contributed by atoms with Gasteiger partial charge < -0.3 is 9.05 Å². The molecule has 1 atom stereocenters. The summed E-state index contributed by atoms with van der Waals surface area (Å²) in [5.41, 5.74) is 0.279. The number of halogens is 2. The highest BCUT2D eigenvalue weighted by molar-refractivity contribution is 7.57. The maximum absolute atomic E-state index is 14.5. The van der Waals surface area contributed by atoms with Crippen LogP contribution in [0, 0.1) is 0 Å². The van der Waals surface area contributed by atoms with Crippen LogP contribution in [0.15, 0.2) is 78.9 Å². The standard InChI is InChI=1S/C23H25Cl2NO6P2/c1-3-29-34(28,30-4-2)26-23(21-16-15-18(24)17-22(21)25)33(27,31-19-11-7-5-8-12-19)32-20-13-9-6-10-14-20/h5-17,23H,3-4H2,1-2H3,(H,26,28). The van der Waals surface area contributed by atoms with Crippen LogP contribution in [-0.2, 0) is 18.2 Å². The lowest BCUT2D eigenvalue weighted by Gasteiger charge is -2.31. The third-order valence-corrected chi connectivity index (χ3v) is 8.91. The van der Waals surface area contributed by atoms with Gasteiger partial charge in [0.1, 0.15) is 11.5 Å². The maximum Gasteiger partial charge on any atom is 0.452 e. The Balaban J connectivity index is 2.16. The highest BCUT2D eigenvalue weighted by Crippen LogP contribution is 2.63. The summed E-state index contributed by atoms with van der Waals surface area (Å²) >= 11 is 12.6. The van der Waals surface area contributed by atoms with Gasteiger partial charge in [-0.05, 0) is 50.2 Å². The highest BCUT2D eigenvalue weighted by atomic mass is 35.5. The molecule has 34 heavy (non-hydrogen) atoms. The van der Waals surface area contributed by atoms with Gasteiger partial charge in [-0.15, -0.1) is 0 Å². The number of rotatable bonds is 12. The minimum absolute atomic E-state index is 0.0781. The van der Waals surface area contributed by atoms with Crippen molar-refractivity contribution in [2.24, 2.45) is 0 Å². The Labute approximate surface area is 209 Å². The van der Waals surface area contributed by atoms with E-state index in [1.807, 2.05) is 0 Å². The van der Waals surface area contributed by atoms with Gasteiger partial charge in [0, 0.05) is 15.6 Å². The summed E-state index contributed by atoms with van der Waals surface area (Å²) in [6.07, 6.45) is 0. The summed E-state index contributed by atoms with van der Waals surface area (Å²) < 4.78 is 50.7. The summed E-state index contributed by atoms with van der Waals surface area (Å²) in [6.45, 7) is 3.49. The van der Waals surface area contributed by atoms with E-state index in [0.29, 0.717) is 5.02 Å². The molecule has 0 aromatic heterocycles. The lowest BCUT2D eigenvalue weighted by atomic mass is 10.2. The fourth-order valence-electron chi connectivity index (χ4n) is 3.02. The minimum atomic E-state index is -4.25. The number of para-hydroxylation sites is 2. The third kappa shape index (κ3) is 7.10. The lowest BCUT2D eigenvalue weighted by molar-refractivity contribution is 0.208. The fraction of sp³-hybridized carbons (Fsp3) is 0.217. The molecule has 0 saturated heterocycles. The second-order valence-corrected chi connectivity index (χ2v) is 11.5. The van der Waals surface area contributed by atoms with Gasteiger partial charge in [0.15, 0.2) is 5.78 Å². The summed E-state index contributed by atoms with van der Waals surface area (Å²) in [5, 5.41) is 3.29. The molecule has 0 aliphatic rings. The van der Waals surface area contributed by atoms with Crippen molar-refractivity contribution in [2.45, 2.75) is 19.6 Å². The SMILES string of the molecule is CCOP(=O)(NC(c1ccc(Cl)cc1Cl)P(=O)(Oc1ccccc1)Oc1ccccc1)OCC. The van der Waals surface area contributed by atoms with Crippen LogP contribution in [0.2, 0.25) is 10.0 Å². The molecule has 0 bridgehead atoms. The molecule has 11 heteroatoms. The first-order valence-electron chi connectivity index (χ1n) is 10.5. The molecule has 1 unspecified atom stereocenters. The Morgan fingerprint density at radius 1 is 0.794 bits per heavy atom. The van der Waals surface area contributed by atoms with Crippen LogP contribution in [0.3, 0.4) is 0 Å². The first-order valence-corrected chi connectivity index (χ1v) is 14.4. The van der Waals surface area contributed by atoms with Crippen LogP contribution in [0.25, 0.3) is 0 Å². The summed E-state index contributed by atoms with van der Waals surface area (Å²) in [6, 6.07) is 21.6. The van der Waals surface area contributed by atoms with Gasteiger partial charge in [0.05, 0.1) is 13.2 Å². The van der Waals surface area contributed by atoms with E-state index in [-0.39, 0.29) is 35.3 Å². The first-order chi connectivity index (χ1) is 16.3. The van der Waals surface area contributed by atoms with E-state index in [2.05, 4.69) is 5.09 Å². The highest BCUT2D eigenvalue weighted by Gasteiger charge is 2.46. The maximum atomic E-state index is 14.5. The molecule has 3 aromatic rings.